The first kappa shape index (κ1) is 22.3. The second-order valence-corrected chi connectivity index (χ2v) is 10.2. The molecule has 3 aliphatic heterocycles. The van der Waals surface area contributed by atoms with Gasteiger partial charge in [-0.05, 0) is 50.2 Å². The Balaban J connectivity index is 1.11. The maximum atomic E-state index is 13.1. The first-order chi connectivity index (χ1) is 17.3. The van der Waals surface area contributed by atoms with Gasteiger partial charge in [0.05, 0.1) is 5.92 Å². The summed E-state index contributed by atoms with van der Waals surface area (Å²) < 4.78 is 2.28. The van der Waals surface area contributed by atoms with Crippen molar-refractivity contribution in [3.05, 3.63) is 42.0 Å². The smallest absolute Gasteiger partial charge is 0.224 e. The number of hydrogen-bond donors (Lipinski definition) is 1. The van der Waals surface area contributed by atoms with Gasteiger partial charge in [0.1, 0.15) is 12.2 Å². The molecule has 0 aliphatic carbocycles. The first-order valence-electron chi connectivity index (χ1n) is 13.3. The van der Waals surface area contributed by atoms with Crippen LogP contribution in [0.3, 0.4) is 0 Å². The van der Waals surface area contributed by atoms with Crippen LogP contribution in [0.2, 0.25) is 0 Å². The molecule has 0 spiro atoms. The minimum Gasteiger partial charge on any atom is -0.370 e. The third kappa shape index (κ3) is 4.46. The standard InChI is InChI=1S/C27H35N7O/c35-27(28-13-17-32-14-6-9-20-8-3-4-11-22(20)32)21-10-7-15-33(18-21)25-24-26(30-19-29-25)34-16-5-1-2-12-23(34)31-24/h3-4,8,11,19,21H,1-2,5-7,9-10,12-18H2,(H,28,35)/t21-/m0/s1. The van der Waals surface area contributed by atoms with E-state index in [1.807, 2.05) is 0 Å². The number of aryl methyl sites for hydroxylation is 3. The van der Waals surface area contributed by atoms with E-state index in [0.717, 1.165) is 74.7 Å². The van der Waals surface area contributed by atoms with Crippen molar-refractivity contribution in [2.75, 3.05) is 42.5 Å². The average molecular weight is 474 g/mol. The van der Waals surface area contributed by atoms with Crippen LogP contribution < -0.4 is 15.1 Å². The molecule has 1 N–H and O–H groups in total. The third-order valence-corrected chi connectivity index (χ3v) is 7.85. The molecule has 5 heterocycles. The van der Waals surface area contributed by atoms with E-state index in [-0.39, 0.29) is 11.8 Å². The highest BCUT2D eigenvalue weighted by molar-refractivity contribution is 5.85. The van der Waals surface area contributed by atoms with Gasteiger partial charge in [0.25, 0.3) is 0 Å². The van der Waals surface area contributed by atoms with Crippen molar-refractivity contribution in [2.24, 2.45) is 5.92 Å². The van der Waals surface area contributed by atoms with E-state index in [9.17, 15) is 4.79 Å². The topological polar surface area (TPSA) is 79.2 Å². The number of para-hydroxylation sites is 1. The van der Waals surface area contributed by atoms with Crippen LogP contribution in [-0.4, -0.2) is 58.1 Å². The third-order valence-electron chi connectivity index (χ3n) is 7.85. The van der Waals surface area contributed by atoms with Crippen LogP contribution in [-0.2, 0) is 24.2 Å². The number of fused-ring (bicyclic) bond motifs is 4. The van der Waals surface area contributed by atoms with Gasteiger partial charge >= 0.3 is 0 Å². The lowest BCUT2D eigenvalue weighted by Crippen LogP contribution is -2.45. The molecule has 35 heavy (non-hydrogen) atoms. The number of piperidine rings is 1. The van der Waals surface area contributed by atoms with E-state index in [4.69, 9.17) is 4.98 Å². The van der Waals surface area contributed by atoms with Crippen molar-refractivity contribution in [2.45, 2.75) is 57.9 Å². The van der Waals surface area contributed by atoms with Gasteiger partial charge in [0, 0.05) is 51.4 Å². The summed E-state index contributed by atoms with van der Waals surface area (Å²) in [6.45, 7) is 5.16. The normalized spacial score (nSPS) is 20.3. The molecule has 8 nitrogen and oxygen atoms in total. The lowest BCUT2D eigenvalue weighted by Gasteiger charge is -2.33. The van der Waals surface area contributed by atoms with Crippen molar-refractivity contribution in [1.82, 2.24) is 24.8 Å². The number of rotatable bonds is 5. The van der Waals surface area contributed by atoms with E-state index in [1.165, 1.54) is 36.9 Å². The number of nitrogens with one attached hydrogen (secondary N) is 1. The summed E-state index contributed by atoms with van der Waals surface area (Å²) in [6, 6.07) is 8.64. The fourth-order valence-corrected chi connectivity index (χ4v) is 6.04. The van der Waals surface area contributed by atoms with E-state index < -0.39 is 0 Å². The molecule has 3 aliphatic rings. The number of carbonyl (C=O) groups is 1. The van der Waals surface area contributed by atoms with Crippen molar-refractivity contribution in [3.63, 3.8) is 0 Å². The predicted molar refractivity (Wildman–Crippen MR) is 138 cm³/mol. The first-order valence-corrected chi connectivity index (χ1v) is 13.3. The monoisotopic (exact) mass is 473 g/mol. The number of amides is 1. The lowest BCUT2D eigenvalue weighted by atomic mass is 9.97. The highest BCUT2D eigenvalue weighted by Gasteiger charge is 2.29. The Morgan fingerprint density at radius 1 is 1.00 bits per heavy atom. The highest BCUT2D eigenvalue weighted by Crippen LogP contribution is 2.30. The van der Waals surface area contributed by atoms with Crippen LogP contribution in [0, 0.1) is 5.92 Å². The van der Waals surface area contributed by atoms with Crippen molar-refractivity contribution >= 4 is 28.6 Å². The molecule has 1 fully saturated rings. The molecule has 8 heteroatoms. The molecule has 3 aromatic rings. The number of anilines is 2. The molecule has 184 valence electrons. The number of aromatic nitrogens is 4. The molecular weight excluding hydrogens is 438 g/mol. The molecular formula is C27H35N7O. The summed E-state index contributed by atoms with van der Waals surface area (Å²) in [5.41, 5.74) is 4.58. The summed E-state index contributed by atoms with van der Waals surface area (Å²) >= 11 is 0. The second-order valence-electron chi connectivity index (χ2n) is 10.2. The molecule has 1 amide bonds. The molecule has 2 aromatic heterocycles. The zero-order chi connectivity index (χ0) is 23.6. The lowest BCUT2D eigenvalue weighted by molar-refractivity contribution is -0.125. The maximum Gasteiger partial charge on any atom is 0.224 e. The van der Waals surface area contributed by atoms with Crippen LogP contribution in [0.1, 0.15) is 49.9 Å². The summed E-state index contributed by atoms with van der Waals surface area (Å²) in [6.07, 6.45) is 10.5. The van der Waals surface area contributed by atoms with Crippen LogP contribution in [0.5, 0.6) is 0 Å². The number of benzene rings is 1. The average Bonchev–Trinajstić information content (AvgIpc) is 3.09. The Morgan fingerprint density at radius 2 is 1.94 bits per heavy atom. The molecule has 6 rings (SSSR count). The van der Waals surface area contributed by atoms with Gasteiger partial charge in [-0.2, -0.15) is 0 Å². The number of nitrogens with zero attached hydrogens (tertiary/aromatic N) is 6. The van der Waals surface area contributed by atoms with Gasteiger partial charge in [-0.25, -0.2) is 15.0 Å². The van der Waals surface area contributed by atoms with Crippen molar-refractivity contribution in [1.29, 1.82) is 0 Å². The zero-order valence-corrected chi connectivity index (χ0v) is 20.5. The Morgan fingerprint density at radius 3 is 2.91 bits per heavy atom. The van der Waals surface area contributed by atoms with Crippen molar-refractivity contribution in [3.8, 4) is 0 Å². The summed E-state index contributed by atoms with van der Waals surface area (Å²) in [7, 11) is 0. The van der Waals surface area contributed by atoms with Crippen LogP contribution in [0.25, 0.3) is 11.2 Å². The van der Waals surface area contributed by atoms with Gasteiger partial charge in [-0.15, -0.1) is 0 Å². The summed E-state index contributed by atoms with van der Waals surface area (Å²) in [5, 5.41) is 3.23. The van der Waals surface area contributed by atoms with Crippen molar-refractivity contribution < 1.29 is 4.79 Å². The Hall–Kier alpha value is -3.16. The van der Waals surface area contributed by atoms with Crippen LogP contribution >= 0.6 is 0 Å². The van der Waals surface area contributed by atoms with Gasteiger partial charge in [-0.1, -0.05) is 24.6 Å². The van der Waals surface area contributed by atoms with E-state index in [2.05, 4.69) is 53.9 Å². The Kier molecular flexibility index (Phi) is 6.27. The number of imidazole rings is 1. The van der Waals surface area contributed by atoms with Gasteiger partial charge in [0.2, 0.25) is 5.91 Å². The fraction of sp³-hybridized carbons (Fsp3) is 0.556. The Bertz CT molecular complexity index is 1210. The molecule has 0 unspecified atom stereocenters. The fourth-order valence-electron chi connectivity index (χ4n) is 6.04. The molecule has 0 radical (unpaired) electrons. The largest absolute Gasteiger partial charge is 0.370 e. The van der Waals surface area contributed by atoms with E-state index >= 15 is 0 Å². The molecule has 0 saturated carbocycles. The summed E-state index contributed by atoms with van der Waals surface area (Å²) in [5.74, 6) is 2.15. The molecule has 0 bridgehead atoms. The minimum absolute atomic E-state index is 0.0251. The van der Waals surface area contributed by atoms with Crippen LogP contribution in [0.15, 0.2) is 30.6 Å². The second kappa shape index (κ2) is 9.84. The van der Waals surface area contributed by atoms with Gasteiger partial charge in [-0.3, -0.25) is 4.79 Å². The minimum atomic E-state index is -0.0251. The zero-order valence-electron chi connectivity index (χ0n) is 20.5. The summed E-state index contributed by atoms with van der Waals surface area (Å²) in [4.78, 5) is 32.0. The molecule has 1 saturated heterocycles. The highest BCUT2D eigenvalue weighted by atomic mass is 16.1. The van der Waals surface area contributed by atoms with Crippen LogP contribution in [0.4, 0.5) is 11.5 Å². The number of hydrogen-bond acceptors (Lipinski definition) is 6. The Labute approximate surface area is 206 Å². The van der Waals surface area contributed by atoms with Gasteiger partial charge < -0.3 is 19.7 Å². The predicted octanol–water partition coefficient (Wildman–Crippen LogP) is 3.34. The van der Waals surface area contributed by atoms with E-state index in [1.54, 1.807) is 6.33 Å². The maximum absolute atomic E-state index is 13.1. The molecule has 1 aromatic carbocycles. The number of carbonyl (C=O) groups excluding carboxylic acids is 1. The molecule has 1 atom stereocenters. The quantitative estimate of drug-likeness (QED) is 0.612. The SMILES string of the molecule is O=C(NCCN1CCCc2ccccc21)[C@H]1CCCN(c2ncnc3c2nc2n3CCCCC2)C1. The van der Waals surface area contributed by atoms with Gasteiger partial charge in [0.15, 0.2) is 17.0 Å². The van der Waals surface area contributed by atoms with E-state index in [0.29, 0.717) is 13.1 Å².